The summed E-state index contributed by atoms with van der Waals surface area (Å²) in [6.07, 6.45) is 0. The van der Waals surface area contributed by atoms with Gasteiger partial charge in [-0.3, -0.25) is 10.1 Å². The van der Waals surface area contributed by atoms with Crippen LogP contribution in [0.5, 0.6) is 0 Å². The Balaban J connectivity index is 1.88. The highest BCUT2D eigenvalue weighted by Crippen LogP contribution is 2.28. The van der Waals surface area contributed by atoms with E-state index in [1.165, 1.54) is 23.9 Å². The van der Waals surface area contributed by atoms with Crippen LogP contribution < -0.4 is 0 Å². The molecule has 2 aromatic carbocycles. The van der Waals surface area contributed by atoms with Crippen LogP contribution in [0.15, 0.2) is 58.6 Å². The fourth-order valence-corrected chi connectivity index (χ4v) is 2.71. The molecule has 0 N–H and O–H groups in total. The summed E-state index contributed by atoms with van der Waals surface area (Å²) in [6.45, 7) is 0. The number of hydrogen-bond donors (Lipinski definition) is 0. The molecule has 0 unspecified atom stereocenters. The number of rotatable bonds is 4. The molecule has 0 spiro atoms. The van der Waals surface area contributed by atoms with Crippen molar-refractivity contribution in [3.8, 4) is 11.4 Å². The number of nitrogens with zero attached hydrogens (tertiary/aromatic N) is 4. The maximum absolute atomic E-state index is 10.7. The van der Waals surface area contributed by atoms with E-state index in [-0.39, 0.29) is 5.69 Å². The molecule has 0 atom stereocenters. The Hall–Kier alpha value is -2.67. The lowest BCUT2D eigenvalue weighted by Crippen LogP contribution is -1.95. The lowest BCUT2D eigenvalue weighted by Gasteiger charge is -2.03. The first-order valence-electron chi connectivity index (χ1n) is 6.44. The Morgan fingerprint density at radius 1 is 1.18 bits per heavy atom. The van der Waals surface area contributed by atoms with E-state index in [2.05, 4.69) is 16.3 Å². The van der Waals surface area contributed by atoms with Crippen molar-refractivity contribution in [3.63, 3.8) is 0 Å². The second-order valence-electron chi connectivity index (χ2n) is 4.50. The first-order valence-corrected chi connectivity index (χ1v) is 7.25. The van der Waals surface area contributed by atoms with Gasteiger partial charge in [0, 0.05) is 35.7 Å². The van der Waals surface area contributed by atoms with E-state index in [0.717, 1.165) is 10.1 Å². The van der Waals surface area contributed by atoms with Crippen LogP contribution in [0.25, 0.3) is 11.4 Å². The largest absolute Gasteiger partial charge is 0.305 e. The highest BCUT2D eigenvalue weighted by Gasteiger charge is 2.13. The lowest BCUT2D eigenvalue weighted by atomic mass is 10.2. The summed E-state index contributed by atoms with van der Waals surface area (Å²) in [7, 11) is 1.86. The van der Waals surface area contributed by atoms with E-state index in [4.69, 9.17) is 0 Å². The first-order chi connectivity index (χ1) is 10.6. The SMILES string of the molecule is Cn1c(Sc2ccccc2)nnc1-c1[c]cc([N+](=O)[O-])cc1. The van der Waals surface area contributed by atoms with Gasteiger partial charge in [0.05, 0.1) is 4.92 Å². The molecule has 3 rings (SSSR count). The van der Waals surface area contributed by atoms with Gasteiger partial charge in [-0.2, -0.15) is 0 Å². The van der Waals surface area contributed by atoms with Crippen LogP contribution in [0.2, 0.25) is 0 Å². The number of hydrogen-bond acceptors (Lipinski definition) is 5. The maximum Gasteiger partial charge on any atom is 0.270 e. The van der Waals surface area contributed by atoms with Crippen LogP contribution >= 0.6 is 11.8 Å². The Morgan fingerprint density at radius 3 is 2.59 bits per heavy atom. The monoisotopic (exact) mass is 311 g/mol. The topological polar surface area (TPSA) is 73.8 Å². The Bertz CT molecular complexity index is 800. The van der Waals surface area contributed by atoms with E-state index < -0.39 is 4.92 Å². The summed E-state index contributed by atoms with van der Waals surface area (Å²) < 4.78 is 1.84. The fraction of sp³-hybridized carbons (Fsp3) is 0.0667. The summed E-state index contributed by atoms with van der Waals surface area (Å²) in [4.78, 5) is 11.3. The summed E-state index contributed by atoms with van der Waals surface area (Å²) in [5, 5.41) is 19.7. The van der Waals surface area contributed by atoms with Crippen LogP contribution in [0.4, 0.5) is 5.69 Å². The third-order valence-corrected chi connectivity index (χ3v) is 4.08. The molecule has 0 saturated carbocycles. The van der Waals surface area contributed by atoms with Gasteiger partial charge < -0.3 is 4.57 Å². The molecule has 0 aliphatic heterocycles. The molecule has 1 radical (unpaired) electrons. The van der Waals surface area contributed by atoms with E-state index in [0.29, 0.717) is 11.4 Å². The molecule has 0 fully saturated rings. The lowest BCUT2D eigenvalue weighted by molar-refractivity contribution is -0.384. The predicted octanol–water partition coefficient (Wildman–Crippen LogP) is 3.34. The van der Waals surface area contributed by atoms with E-state index >= 15 is 0 Å². The van der Waals surface area contributed by atoms with Crippen molar-refractivity contribution in [3.05, 3.63) is 64.7 Å². The van der Waals surface area contributed by atoms with Gasteiger partial charge in [-0.25, -0.2) is 0 Å². The highest BCUT2D eigenvalue weighted by molar-refractivity contribution is 7.99. The molecule has 0 aliphatic rings. The van der Waals surface area contributed by atoms with Crippen LogP contribution in [-0.4, -0.2) is 19.7 Å². The van der Waals surface area contributed by atoms with Crippen LogP contribution in [0.3, 0.4) is 0 Å². The van der Waals surface area contributed by atoms with Gasteiger partial charge in [-0.1, -0.05) is 18.2 Å². The standard InChI is InChI=1S/C15H11N4O2S/c1-18-14(11-7-9-12(10-8-11)19(20)21)16-17-15(18)22-13-5-3-2-4-6-13/h2-7,9-10H,1H3. The van der Waals surface area contributed by atoms with E-state index in [1.54, 1.807) is 6.07 Å². The molecule has 1 aromatic heterocycles. The van der Waals surface area contributed by atoms with Gasteiger partial charge in [-0.05, 0) is 30.0 Å². The zero-order chi connectivity index (χ0) is 15.5. The van der Waals surface area contributed by atoms with Crippen molar-refractivity contribution in [1.82, 2.24) is 14.8 Å². The minimum absolute atomic E-state index is 0.00445. The second-order valence-corrected chi connectivity index (χ2v) is 5.54. The quantitative estimate of drug-likeness (QED) is 0.545. The molecule has 0 bridgehead atoms. The average Bonchev–Trinajstić information content (AvgIpc) is 2.89. The number of nitro groups is 1. The summed E-state index contributed by atoms with van der Waals surface area (Å²) in [5.74, 6) is 0.619. The summed E-state index contributed by atoms with van der Waals surface area (Å²) in [6, 6.07) is 17.2. The fourth-order valence-electron chi connectivity index (χ4n) is 1.90. The molecular weight excluding hydrogens is 300 g/mol. The predicted molar refractivity (Wildman–Crippen MR) is 82.5 cm³/mol. The van der Waals surface area contributed by atoms with Crippen molar-refractivity contribution in [2.24, 2.45) is 7.05 Å². The molecule has 0 amide bonds. The van der Waals surface area contributed by atoms with Crippen molar-refractivity contribution in [1.29, 1.82) is 0 Å². The minimum atomic E-state index is -0.451. The van der Waals surface area contributed by atoms with Gasteiger partial charge in [0.15, 0.2) is 11.0 Å². The minimum Gasteiger partial charge on any atom is -0.305 e. The van der Waals surface area contributed by atoms with Crippen LogP contribution in [0.1, 0.15) is 0 Å². The van der Waals surface area contributed by atoms with Crippen LogP contribution in [-0.2, 0) is 7.05 Å². The number of nitro benzene ring substituents is 1. The van der Waals surface area contributed by atoms with Gasteiger partial charge in [-0.15, -0.1) is 10.2 Å². The first kappa shape index (κ1) is 14.3. The third kappa shape index (κ3) is 2.84. The van der Waals surface area contributed by atoms with E-state index in [9.17, 15) is 10.1 Å². The molecule has 0 aliphatic carbocycles. The third-order valence-electron chi connectivity index (χ3n) is 3.04. The molecule has 0 saturated heterocycles. The Morgan fingerprint density at radius 2 is 1.95 bits per heavy atom. The molecule has 109 valence electrons. The Labute approximate surface area is 131 Å². The smallest absolute Gasteiger partial charge is 0.270 e. The summed E-state index contributed by atoms with van der Waals surface area (Å²) >= 11 is 1.50. The van der Waals surface area contributed by atoms with Crippen molar-refractivity contribution in [2.45, 2.75) is 10.1 Å². The zero-order valence-corrected chi connectivity index (χ0v) is 12.4. The normalized spacial score (nSPS) is 10.6. The van der Waals surface area contributed by atoms with Crippen molar-refractivity contribution >= 4 is 17.4 Å². The number of benzene rings is 2. The molecule has 3 aromatic rings. The van der Waals surface area contributed by atoms with Gasteiger partial charge in [0.2, 0.25) is 0 Å². The van der Waals surface area contributed by atoms with Gasteiger partial charge >= 0.3 is 0 Å². The molecule has 6 nitrogen and oxygen atoms in total. The Kier molecular flexibility index (Phi) is 3.88. The second kappa shape index (κ2) is 5.98. The van der Waals surface area contributed by atoms with Gasteiger partial charge in [0.25, 0.3) is 5.69 Å². The van der Waals surface area contributed by atoms with Crippen molar-refractivity contribution < 1.29 is 4.92 Å². The molecular formula is C15H11N4O2S. The molecule has 22 heavy (non-hydrogen) atoms. The average molecular weight is 311 g/mol. The number of aromatic nitrogens is 3. The molecule has 1 heterocycles. The van der Waals surface area contributed by atoms with Gasteiger partial charge in [0.1, 0.15) is 0 Å². The highest BCUT2D eigenvalue weighted by atomic mass is 32.2. The van der Waals surface area contributed by atoms with E-state index in [1.807, 2.05) is 41.9 Å². The summed E-state index contributed by atoms with van der Waals surface area (Å²) in [5.41, 5.74) is 0.672. The van der Waals surface area contributed by atoms with Crippen LogP contribution in [0, 0.1) is 16.2 Å². The molecule has 7 heteroatoms. The maximum atomic E-state index is 10.7. The zero-order valence-electron chi connectivity index (χ0n) is 11.6. The number of non-ortho nitro benzene ring substituents is 1. The van der Waals surface area contributed by atoms with Crippen molar-refractivity contribution in [2.75, 3.05) is 0 Å².